The molecule has 0 aliphatic carbocycles. The second-order valence-electron chi connectivity index (χ2n) is 4.19. The number of aryl methyl sites for hydroxylation is 1. The van der Waals surface area contributed by atoms with Gasteiger partial charge in [0.1, 0.15) is 0 Å². The lowest BCUT2D eigenvalue weighted by atomic mass is 10.2. The maximum absolute atomic E-state index is 11.5. The second kappa shape index (κ2) is 9.53. The van der Waals surface area contributed by atoms with Gasteiger partial charge in [0.15, 0.2) is 0 Å². The molecule has 102 valence electrons. The molecule has 2 N–H and O–H groups in total. The molecule has 0 aliphatic heterocycles. The van der Waals surface area contributed by atoms with Gasteiger partial charge in [-0.05, 0) is 60.2 Å². The standard InChI is InChI=1S/C13H20BrNO2S/c14-12-8-7-11(18-12)5-4-6-13(17)15-9-2-1-3-10-16/h7-8,16H,1-6,9-10H2,(H,15,17). The molecule has 0 spiro atoms. The molecule has 1 rings (SSSR count). The van der Waals surface area contributed by atoms with Gasteiger partial charge in [0.2, 0.25) is 5.91 Å². The minimum absolute atomic E-state index is 0.134. The number of unbranched alkanes of at least 4 members (excludes halogenated alkanes) is 2. The van der Waals surface area contributed by atoms with Gasteiger partial charge >= 0.3 is 0 Å². The van der Waals surface area contributed by atoms with Gasteiger partial charge in [0.05, 0.1) is 3.79 Å². The van der Waals surface area contributed by atoms with Gasteiger partial charge in [-0.1, -0.05) is 0 Å². The zero-order valence-electron chi connectivity index (χ0n) is 10.5. The highest BCUT2D eigenvalue weighted by Crippen LogP contribution is 2.23. The number of halogens is 1. The van der Waals surface area contributed by atoms with E-state index in [1.54, 1.807) is 11.3 Å². The summed E-state index contributed by atoms with van der Waals surface area (Å²) in [6, 6.07) is 4.14. The van der Waals surface area contributed by atoms with Crippen LogP contribution < -0.4 is 5.32 Å². The average molecular weight is 334 g/mol. The van der Waals surface area contributed by atoms with E-state index in [0.29, 0.717) is 6.42 Å². The summed E-state index contributed by atoms with van der Waals surface area (Å²) < 4.78 is 1.14. The molecule has 0 saturated carbocycles. The Morgan fingerprint density at radius 2 is 2.11 bits per heavy atom. The van der Waals surface area contributed by atoms with Gasteiger partial charge in [-0.15, -0.1) is 11.3 Å². The lowest BCUT2D eigenvalue weighted by Crippen LogP contribution is -2.24. The molecular weight excluding hydrogens is 314 g/mol. The molecule has 0 bridgehead atoms. The SMILES string of the molecule is O=C(CCCc1ccc(Br)s1)NCCCCCO. The summed E-state index contributed by atoms with van der Waals surface area (Å²) >= 11 is 5.16. The fourth-order valence-electron chi connectivity index (χ4n) is 1.64. The average Bonchev–Trinajstić information content (AvgIpc) is 2.75. The third kappa shape index (κ3) is 7.13. The van der Waals surface area contributed by atoms with E-state index in [-0.39, 0.29) is 12.5 Å². The van der Waals surface area contributed by atoms with Crippen molar-refractivity contribution in [2.75, 3.05) is 13.2 Å². The third-order valence-corrected chi connectivity index (χ3v) is 4.30. The van der Waals surface area contributed by atoms with E-state index < -0.39 is 0 Å². The van der Waals surface area contributed by atoms with E-state index >= 15 is 0 Å². The Bertz CT molecular complexity index is 355. The van der Waals surface area contributed by atoms with Crippen molar-refractivity contribution < 1.29 is 9.90 Å². The van der Waals surface area contributed by atoms with Crippen molar-refractivity contribution >= 4 is 33.2 Å². The number of aliphatic hydroxyl groups is 1. The van der Waals surface area contributed by atoms with Crippen LogP contribution in [0.25, 0.3) is 0 Å². The number of nitrogens with one attached hydrogen (secondary N) is 1. The molecule has 0 unspecified atom stereocenters. The summed E-state index contributed by atoms with van der Waals surface area (Å²) in [6.45, 7) is 0.966. The normalized spacial score (nSPS) is 10.6. The smallest absolute Gasteiger partial charge is 0.220 e. The summed E-state index contributed by atoms with van der Waals surface area (Å²) in [6.07, 6.45) is 5.20. The Labute approximate surface area is 121 Å². The van der Waals surface area contributed by atoms with Crippen molar-refractivity contribution in [1.82, 2.24) is 5.32 Å². The number of amides is 1. The Hall–Kier alpha value is -0.390. The van der Waals surface area contributed by atoms with Crippen LogP contribution in [0.5, 0.6) is 0 Å². The Kier molecular flexibility index (Phi) is 8.29. The van der Waals surface area contributed by atoms with Crippen molar-refractivity contribution in [3.8, 4) is 0 Å². The molecule has 0 aliphatic rings. The van der Waals surface area contributed by atoms with Crippen molar-refractivity contribution in [3.63, 3.8) is 0 Å². The highest BCUT2D eigenvalue weighted by molar-refractivity contribution is 9.11. The second-order valence-corrected chi connectivity index (χ2v) is 6.74. The van der Waals surface area contributed by atoms with E-state index in [1.165, 1.54) is 4.88 Å². The van der Waals surface area contributed by atoms with Gasteiger partial charge in [0, 0.05) is 24.4 Å². The van der Waals surface area contributed by atoms with Crippen LogP contribution in [-0.2, 0) is 11.2 Å². The molecule has 0 fully saturated rings. The predicted octanol–water partition coefficient (Wildman–Crippen LogP) is 3.11. The van der Waals surface area contributed by atoms with E-state index in [0.717, 1.165) is 42.4 Å². The first-order chi connectivity index (χ1) is 8.72. The highest BCUT2D eigenvalue weighted by atomic mass is 79.9. The van der Waals surface area contributed by atoms with Crippen LogP contribution in [0.15, 0.2) is 15.9 Å². The first-order valence-electron chi connectivity index (χ1n) is 6.34. The molecule has 3 nitrogen and oxygen atoms in total. The summed E-state index contributed by atoms with van der Waals surface area (Å²) in [4.78, 5) is 12.8. The maximum Gasteiger partial charge on any atom is 0.220 e. The van der Waals surface area contributed by atoms with Gasteiger partial charge in [-0.3, -0.25) is 4.79 Å². The molecule has 0 saturated heterocycles. The molecule has 1 aromatic rings. The first-order valence-corrected chi connectivity index (χ1v) is 7.95. The van der Waals surface area contributed by atoms with Crippen molar-refractivity contribution in [1.29, 1.82) is 0 Å². The molecule has 5 heteroatoms. The summed E-state index contributed by atoms with van der Waals surface area (Å²) in [5.41, 5.74) is 0. The largest absolute Gasteiger partial charge is 0.396 e. The topological polar surface area (TPSA) is 49.3 Å². The van der Waals surface area contributed by atoms with Crippen LogP contribution in [0.3, 0.4) is 0 Å². The van der Waals surface area contributed by atoms with Crippen LogP contribution in [0.1, 0.15) is 37.0 Å². The molecule has 0 aromatic carbocycles. The molecule has 0 radical (unpaired) electrons. The van der Waals surface area contributed by atoms with Crippen LogP contribution >= 0.6 is 27.3 Å². The number of rotatable bonds is 9. The monoisotopic (exact) mass is 333 g/mol. The quantitative estimate of drug-likeness (QED) is 0.682. The number of aliphatic hydroxyl groups excluding tert-OH is 1. The molecule has 18 heavy (non-hydrogen) atoms. The van der Waals surface area contributed by atoms with Crippen LogP contribution in [0, 0.1) is 0 Å². The predicted molar refractivity (Wildman–Crippen MR) is 78.9 cm³/mol. The Morgan fingerprint density at radius 1 is 1.28 bits per heavy atom. The van der Waals surface area contributed by atoms with Crippen molar-refractivity contribution in [2.24, 2.45) is 0 Å². The highest BCUT2D eigenvalue weighted by Gasteiger charge is 2.02. The fourth-order valence-corrected chi connectivity index (χ4v) is 3.16. The van der Waals surface area contributed by atoms with Crippen LogP contribution in [0.2, 0.25) is 0 Å². The Balaban J connectivity index is 2.00. The van der Waals surface area contributed by atoms with Gasteiger partial charge < -0.3 is 10.4 Å². The summed E-state index contributed by atoms with van der Waals surface area (Å²) in [5, 5.41) is 11.5. The third-order valence-electron chi connectivity index (χ3n) is 2.61. The van der Waals surface area contributed by atoms with E-state index in [1.807, 2.05) is 6.07 Å². The zero-order chi connectivity index (χ0) is 13.2. The molecular formula is C13H20BrNO2S. The number of carbonyl (C=O) groups excluding carboxylic acids is 1. The molecule has 1 heterocycles. The zero-order valence-corrected chi connectivity index (χ0v) is 12.9. The number of hydrogen-bond donors (Lipinski definition) is 2. The molecule has 0 atom stereocenters. The fraction of sp³-hybridized carbons (Fsp3) is 0.615. The minimum Gasteiger partial charge on any atom is -0.396 e. The van der Waals surface area contributed by atoms with Crippen LogP contribution in [-0.4, -0.2) is 24.2 Å². The van der Waals surface area contributed by atoms with Crippen LogP contribution in [0.4, 0.5) is 0 Å². The number of hydrogen-bond acceptors (Lipinski definition) is 3. The van der Waals surface area contributed by atoms with E-state index in [4.69, 9.17) is 5.11 Å². The minimum atomic E-state index is 0.134. The lowest BCUT2D eigenvalue weighted by molar-refractivity contribution is -0.121. The van der Waals surface area contributed by atoms with E-state index in [2.05, 4.69) is 27.3 Å². The number of thiophene rings is 1. The summed E-state index contributed by atoms with van der Waals surface area (Å²) in [7, 11) is 0. The van der Waals surface area contributed by atoms with Crippen molar-refractivity contribution in [3.05, 3.63) is 20.8 Å². The van der Waals surface area contributed by atoms with Gasteiger partial charge in [-0.2, -0.15) is 0 Å². The maximum atomic E-state index is 11.5. The molecule has 1 amide bonds. The molecule has 1 aromatic heterocycles. The number of carbonyl (C=O) groups is 1. The van der Waals surface area contributed by atoms with Crippen molar-refractivity contribution in [2.45, 2.75) is 38.5 Å². The Morgan fingerprint density at radius 3 is 2.78 bits per heavy atom. The van der Waals surface area contributed by atoms with Gasteiger partial charge in [-0.25, -0.2) is 0 Å². The van der Waals surface area contributed by atoms with Gasteiger partial charge in [0.25, 0.3) is 0 Å². The van der Waals surface area contributed by atoms with E-state index in [9.17, 15) is 4.79 Å². The first kappa shape index (κ1) is 15.7. The lowest BCUT2D eigenvalue weighted by Gasteiger charge is -2.04. The summed E-state index contributed by atoms with van der Waals surface area (Å²) in [5.74, 6) is 0.134.